The predicted molar refractivity (Wildman–Crippen MR) is 110 cm³/mol. The third kappa shape index (κ3) is 4.55. The first kappa shape index (κ1) is 17.8. The van der Waals surface area contributed by atoms with Crippen LogP contribution in [0.4, 0.5) is 0 Å². The van der Waals surface area contributed by atoms with E-state index in [1.54, 1.807) is 30.1 Å². The predicted octanol–water partition coefficient (Wildman–Crippen LogP) is 5.11. The van der Waals surface area contributed by atoms with E-state index in [4.69, 9.17) is 0 Å². The quantitative estimate of drug-likeness (QED) is 0.266. The first-order valence-corrected chi connectivity index (χ1v) is 9.40. The molecule has 0 radical (unpaired) electrons. The molecular formula is C22H18N2OS. The molecule has 3 aromatic rings. The fourth-order valence-corrected chi connectivity index (χ4v) is 2.81. The Hall–Kier alpha value is -2.98. The molecule has 26 heavy (non-hydrogen) atoms. The van der Waals surface area contributed by atoms with Crippen molar-refractivity contribution in [2.24, 2.45) is 10.2 Å². The third-order valence-corrected chi connectivity index (χ3v) is 4.52. The molecule has 0 aromatic heterocycles. The molecule has 0 atom stereocenters. The van der Waals surface area contributed by atoms with Crippen LogP contribution in [0.1, 0.15) is 21.5 Å². The second-order valence-corrected chi connectivity index (χ2v) is 6.41. The number of ketones is 1. The Morgan fingerprint density at radius 1 is 0.808 bits per heavy atom. The Balaban J connectivity index is 1.91. The number of benzene rings is 3. The maximum absolute atomic E-state index is 12.9. The molecule has 4 heteroatoms. The van der Waals surface area contributed by atoms with E-state index in [0.717, 1.165) is 11.1 Å². The van der Waals surface area contributed by atoms with E-state index in [2.05, 4.69) is 10.2 Å². The van der Waals surface area contributed by atoms with Gasteiger partial charge < -0.3 is 0 Å². The van der Waals surface area contributed by atoms with Crippen molar-refractivity contribution in [1.82, 2.24) is 0 Å². The van der Waals surface area contributed by atoms with Gasteiger partial charge in [-0.05, 0) is 24.0 Å². The third-order valence-electron chi connectivity index (χ3n) is 3.78. The van der Waals surface area contributed by atoms with Gasteiger partial charge in [0, 0.05) is 16.0 Å². The van der Waals surface area contributed by atoms with E-state index in [1.165, 1.54) is 4.90 Å². The van der Waals surface area contributed by atoms with Gasteiger partial charge in [0.15, 0.2) is 0 Å². The molecule has 0 amide bonds. The Morgan fingerprint density at radius 2 is 1.38 bits per heavy atom. The zero-order chi connectivity index (χ0) is 18.2. The summed E-state index contributed by atoms with van der Waals surface area (Å²) in [4.78, 5) is 14.1. The van der Waals surface area contributed by atoms with Crippen molar-refractivity contribution in [2.75, 3.05) is 6.26 Å². The van der Waals surface area contributed by atoms with Gasteiger partial charge in [0.2, 0.25) is 5.78 Å². The van der Waals surface area contributed by atoms with Crippen LogP contribution in [0, 0.1) is 0 Å². The van der Waals surface area contributed by atoms with Crippen molar-refractivity contribution < 1.29 is 4.79 Å². The Morgan fingerprint density at radius 3 is 1.96 bits per heavy atom. The highest BCUT2D eigenvalue weighted by molar-refractivity contribution is 7.98. The maximum atomic E-state index is 12.9. The zero-order valence-corrected chi connectivity index (χ0v) is 15.2. The smallest absolute Gasteiger partial charge is 0.213 e. The van der Waals surface area contributed by atoms with E-state index in [0.29, 0.717) is 11.3 Å². The summed E-state index contributed by atoms with van der Waals surface area (Å²) in [6.45, 7) is 0. The molecule has 0 heterocycles. The lowest BCUT2D eigenvalue weighted by atomic mass is 10.0. The highest BCUT2D eigenvalue weighted by Crippen LogP contribution is 2.14. The van der Waals surface area contributed by atoms with Gasteiger partial charge >= 0.3 is 0 Å². The molecule has 0 spiro atoms. The summed E-state index contributed by atoms with van der Waals surface area (Å²) in [6.07, 6.45) is 3.69. The molecule has 0 saturated carbocycles. The summed E-state index contributed by atoms with van der Waals surface area (Å²) in [5.41, 5.74) is 2.60. The molecule has 0 saturated heterocycles. The molecule has 0 aliphatic rings. The van der Waals surface area contributed by atoms with Gasteiger partial charge in [-0.2, -0.15) is 5.10 Å². The summed E-state index contributed by atoms with van der Waals surface area (Å²) in [5, 5.41) is 8.40. The number of carbonyl (C=O) groups excluding carboxylic acids is 1. The minimum atomic E-state index is -0.147. The number of rotatable bonds is 6. The lowest BCUT2D eigenvalue weighted by Crippen LogP contribution is -2.15. The fraction of sp³-hybridized carbons (Fsp3) is 0.0455. The van der Waals surface area contributed by atoms with Gasteiger partial charge in [-0.25, -0.2) is 0 Å². The first-order valence-electron chi connectivity index (χ1n) is 8.18. The van der Waals surface area contributed by atoms with E-state index < -0.39 is 0 Å². The molecule has 0 aliphatic carbocycles. The first-order chi connectivity index (χ1) is 12.8. The molecule has 3 rings (SSSR count). The minimum absolute atomic E-state index is 0.147. The average molecular weight is 358 g/mol. The molecular weight excluding hydrogens is 340 g/mol. The molecule has 0 N–H and O–H groups in total. The molecule has 0 unspecified atom stereocenters. The number of hydrogen-bond acceptors (Lipinski definition) is 4. The monoisotopic (exact) mass is 358 g/mol. The van der Waals surface area contributed by atoms with Crippen molar-refractivity contribution in [2.45, 2.75) is 4.90 Å². The summed E-state index contributed by atoms with van der Waals surface area (Å²) in [5.74, 6) is -0.147. The lowest BCUT2D eigenvalue weighted by molar-refractivity contribution is 0.106. The van der Waals surface area contributed by atoms with Crippen molar-refractivity contribution in [1.29, 1.82) is 0 Å². The van der Waals surface area contributed by atoms with Crippen LogP contribution in [0.5, 0.6) is 0 Å². The van der Waals surface area contributed by atoms with Gasteiger partial charge in [0.05, 0.1) is 6.21 Å². The number of Topliss-reactive ketones (excluding diaryl/α,β-unsaturated/α-hetero) is 1. The van der Waals surface area contributed by atoms with Crippen LogP contribution < -0.4 is 0 Å². The van der Waals surface area contributed by atoms with Crippen LogP contribution in [0.25, 0.3) is 0 Å². The normalized spacial score (nSPS) is 11.7. The van der Waals surface area contributed by atoms with Crippen LogP contribution in [0.3, 0.4) is 0 Å². The van der Waals surface area contributed by atoms with Gasteiger partial charge in [-0.15, -0.1) is 16.9 Å². The Bertz CT molecular complexity index is 917. The van der Waals surface area contributed by atoms with Crippen molar-refractivity contribution in [3.05, 3.63) is 102 Å². The largest absolute Gasteiger partial charge is 0.287 e. The topological polar surface area (TPSA) is 41.8 Å². The van der Waals surface area contributed by atoms with Gasteiger partial charge in [0.1, 0.15) is 5.71 Å². The number of nitrogens with zero attached hydrogens (tertiary/aromatic N) is 2. The van der Waals surface area contributed by atoms with Gasteiger partial charge in [-0.3, -0.25) is 4.79 Å². The number of carbonyl (C=O) groups is 1. The molecule has 3 aromatic carbocycles. The van der Waals surface area contributed by atoms with Crippen molar-refractivity contribution in [3.8, 4) is 0 Å². The SMILES string of the molecule is CSc1ccc(C=NN=C(C(=O)c2ccccc2)c2ccccc2)cc1. The maximum Gasteiger partial charge on any atom is 0.213 e. The second kappa shape index (κ2) is 8.92. The van der Waals surface area contributed by atoms with E-state index in [-0.39, 0.29) is 5.78 Å². The van der Waals surface area contributed by atoms with Crippen molar-refractivity contribution in [3.63, 3.8) is 0 Å². The zero-order valence-electron chi connectivity index (χ0n) is 14.4. The molecule has 0 fully saturated rings. The van der Waals surface area contributed by atoms with Crippen LogP contribution in [0.15, 0.2) is 100 Å². The Labute approximate surface area is 157 Å². The summed E-state index contributed by atoms with van der Waals surface area (Å²) >= 11 is 1.69. The fourth-order valence-electron chi connectivity index (χ4n) is 2.40. The van der Waals surface area contributed by atoms with E-state index in [9.17, 15) is 4.79 Å². The standard InChI is InChI=1S/C22H18N2OS/c1-26-20-14-12-17(13-15-20)16-23-24-21(18-8-4-2-5-9-18)22(25)19-10-6-3-7-11-19/h2-16H,1H3. The molecule has 128 valence electrons. The summed E-state index contributed by atoms with van der Waals surface area (Å²) < 4.78 is 0. The van der Waals surface area contributed by atoms with Crippen LogP contribution in [0.2, 0.25) is 0 Å². The van der Waals surface area contributed by atoms with E-state index >= 15 is 0 Å². The van der Waals surface area contributed by atoms with Gasteiger partial charge in [-0.1, -0.05) is 72.8 Å². The Kier molecular flexibility index (Phi) is 6.12. The molecule has 0 aliphatic heterocycles. The van der Waals surface area contributed by atoms with E-state index in [1.807, 2.05) is 79.1 Å². The van der Waals surface area contributed by atoms with Gasteiger partial charge in [0.25, 0.3) is 0 Å². The number of thioether (sulfide) groups is 1. The van der Waals surface area contributed by atoms with Crippen molar-refractivity contribution >= 4 is 29.5 Å². The highest BCUT2D eigenvalue weighted by atomic mass is 32.2. The second-order valence-electron chi connectivity index (χ2n) is 5.53. The summed E-state index contributed by atoms with van der Waals surface area (Å²) in [6, 6.07) is 26.5. The molecule has 3 nitrogen and oxygen atoms in total. The highest BCUT2D eigenvalue weighted by Gasteiger charge is 2.15. The minimum Gasteiger partial charge on any atom is -0.287 e. The summed E-state index contributed by atoms with van der Waals surface area (Å²) in [7, 11) is 0. The van der Waals surface area contributed by atoms with Crippen LogP contribution in [-0.2, 0) is 0 Å². The lowest BCUT2D eigenvalue weighted by Gasteiger charge is -2.04. The van der Waals surface area contributed by atoms with Crippen LogP contribution >= 0.6 is 11.8 Å². The van der Waals surface area contributed by atoms with Crippen LogP contribution in [-0.4, -0.2) is 24.0 Å². The molecule has 0 bridgehead atoms. The number of hydrogen-bond donors (Lipinski definition) is 0. The average Bonchev–Trinajstić information content (AvgIpc) is 2.72.